The van der Waals surface area contributed by atoms with Crippen molar-refractivity contribution in [2.75, 3.05) is 0 Å². The van der Waals surface area contributed by atoms with Crippen LogP contribution in [-0.4, -0.2) is 15.5 Å². The quantitative estimate of drug-likeness (QED) is 0.315. The summed E-state index contributed by atoms with van der Waals surface area (Å²) in [5, 5.41) is 12.8. The number of rotatable bonds is 3. The Bertz CT molecular complexity index is 933. The molecular weight excluding hydrogens is 320 g/mol. The topological polar surface area (TPSA) is 74.4 Å². The first-order valence-corrected chi connectivity index (χ1v) is 7.05. The average Bonchev–Trinajstić information content (AvgIpc) is 2.93. The van der Waals surface area contributed by atoms with Gasteiger partial charge in [-0.1, -0.05) is 35.9 Å². The summed E-state index contributed by atoms with van der Waals surface area (Å²) in [6.45, 7) is 0. The van der Waals surface area contributed by atoms with Gasteiger partial charge in [-0.15, -0.1) is 0 Å². The second-order valence-electron chi connectivity index (χ2n) is 4.93. The van der Waals surface area contributed by atoms with Gasteiger partial charge in [0.05, 0.1) is 11.1 Å². The number of carbonyl (C=O) groups excluding carboxylic acids is 1. The zero-order chi connectivity index (χ0) is 16.6. The Labute approximate surface area is 136 Å². The van der Waals surface area contributed by atoms with Gasteiger partial charge < -0.3 is 9.30 Å². The molecule has 7 heteroatoms. The van der Waals surface area contributed by atoms with Gasteiger partial charge in [0.1, 0.15) is 11.4 Å². The van der Waals surface area contributed by atoms with Crippen LogP contribution in [0.5, 0.6) is 5.75 Å². The van der Waals surface area contributed by atoms with Crippen LogP contribution < -0.4 is 4.74 Å². The molecule has 0 bridgehead atoms. The fourth-order valence-corrected chi connectivity index (χ4v) is 2.55. The number of fused-ring (bicyclic) bond motifs is 1. The van der Waals surface area contributed by atoms with Crippen molar-refractivity contribution < 1.29 is 14.5 Å². The SMILES string of the molecule is Cn1cc([N+](=O)[O-])cc1C(=O)Oc1ccc(Cl)c2ccccc12. The molecule has 6 nitrogen and oxygen atoms in total. The number of hydrogen-bond donors (Lipinski definition) is 0. The summed E-state index contributed by atoms with van der Waals surface area (Å²) in [5.74, 6) is -0.327. The molecule has 1 heterocycles. The van der Waals surface area contributed by atoms with Gasteiger partial charge in [-0.3, -0.25) is 10.1 Å². The summed E-state index contributed by atoms with van der Waals surface area (Å²) < 4.78 is 6.76. The van der Waals surface area contributed by atoms with Gasteiger partial charge in [-0.2, -0.15) is 0 Å². The smallest absolute Gasteiger partial charge is 0.360 e. The molecule has 0 saturated carbocycles. The number of aromatic nitrogens is 1. The maximum absolute atomic E-state index is 12.3. The lowest BCUT2D eigenvalue weighted by Gasteiger charge is -2.09. The van der Waals surface area contributed by atoms with E-state index in [1.165, 1.54) is 16.8 Å². The van der Waals surface area contributed by atoms with Crippen LogP contribution in [0.1, 0.15) is 10.5 Å². The zero-order valence-corrected chi connectivity index (χ0v) is 12.8. The first-order valence-electron chi connectivity index (χ1n) is 6.67. The molecule has 0 radical (unpaired) electrons. The van der Waals surface area contributed by atoms with Crippen LogP contribution >= 0.6 is 11.6 Å². The normalized spacial score (nSPS) is 10.7. The Hall–Kier alpha value is -2.86. The predicted molar refractivity (Wildman–Crippen MR) is 86.0 cm³/mol. The highest BCUT2D eigenvalue weighted by Gasteiger charge is 2.20. The summed E-state index contributed by atoms with van der Waals surface area (Å²) in [7, 11) is 1.55. The van der Waals surface area contributed by atoms with E-state index < -0.39 is 10.9 Å². The van der Waals surface area contributed by atoms with Crippen molar-refractivity contribution in [1.82, 2.24) is 4.57 Å². The van der Waals surface area contributed by atoms with E-state index in [-0.39, 0.29) is 11.4 Å². The van der Waals surface area contributed by atoms with Crippen LogP contribution in [-0.2, 0) is 7.05 Å². The second-order valence-corrected chi connectivity index (χ2v) is 5.34. The Morgan fingerprint density at radius 3 is 2.57 bits per heavy atom. The van der Waals surface area contributed by atoms with Crippen LogP contribution in [0, 0.1) is 10.1 Å². The Morgan fingerprint density at radius 2 is 1.91 bits per heavy atom. The number of benzene rings is 2. The monoisotopic (exact) mass is 330 g/mol. The first-order chi connectivity index (χ1) is 11.0. The highest BCUT2D eigenvalue weighted by atomic mass is 35.5. The summed E-state index contributed by atoms with van der Waals surface area (Å²) in [6.07, 6.45) is 1.26. The largest absolute Gasteiger partial charge is 0.421 e. The molecule has 0 amide bonds. The fraction of sp³-hybridized carbons (Fsp3) is 0.0625. The number of halogens is 1. The number of aryl methyl sites for hydroxylation is 1. The molecule has 0 aliphatic carbocycles. The Morgan fingerprint density at radius 1 is 1.22 bits per heavy atom. The van der Waals surface area contributed by atoms with Crippen LogP contribution in [0.15, 0.2) is 48.7 Å². The summed E-state index contributed by atoms with van der Waals surface area (Å²) in [5.41, 5.74) is -0.0730. The molecule has 0 N–H and O–H groups in total. The molecule has 23 heavy (non-hydrogen) atoms. The third-order valence-corrected chi connectivity index (χ3v) is 3.77. The molecule has 0 atom stereocenters. The van der Waals surface area contributed by atoms with Crippen LogP contribution in [0.2, 0.25) is 5.02 Å². The van der Waals surface area contributed by atoms with E-state index in [4.69, 9.17) is 16.3 Å². The van der Waals surface area contributed by atoms with E-state index in [1.807, 2.05) is 18.2 Å². The molecular formula is C16H11ClN2O4. The lowest BCUT2D eigenvalue weighted by Crippen LogP contribution is -2.12. The van der Waals surface area contributed by atoms with Crippen LogP contribution in [0.3, 0.4) is 0 Å². The zero-order valence-electron chi connectivity index (χ0n) is 12.0. The van der Waals surface area contributed by atoms with Gasteiger partial charge in [0.15, 0.2) is 0 Å². The lowest BCUT2D eigenvalue weighted by molar-refractivity contribution is -0.384. The van der Waals surface area contributed by atoms with Crippen molar-refractivity contribution in [2.24, 2.45) is 7.05 Å². The molecule has 0 fully saturated rings. The van der Waals surface area contributed by atoms with Crippen molar-refractivity contribution in [3.05, 3.63) is 69.5 Å². The molecule has 3 aromatic rings. The Kier molecular flexibility index (Phi) is 3.75. The maximum atomic E-state index is 12.3. The van der Waals surface area contributed by atoms with E-state index in [9.17, 15) is 14.9 Å². The van der Waals surface area contributed by atoms with E-state index in [0.29, 0.717) is 16.2 Å². The standard InChI is InChI=1S/C16H11ClN2O4/c1-18-9-10(19(21)22)8-14(18)16(20)23-15-7-6-13(17)11-4-2-3-5-12(11)15/h2-9H,1H3. The van der Waals surface area contributed by atoms with Gasteiger partial charge in [-0.05, 0) is 12.1 Å². The molecule has 0 saturated heterocycles. The molecule has 3 rings (SSSR count). The van der Waals surface area contributed by atoms with Gasteiger partial charge in [0.2, 0.25) is 0 Å². The summed E-state index contributed by atoms with van der Waals surface area (Å²) >= 11 is 6.13. The predicted octanol–water partition coefficient (Wildman–Crippen LogP) is 3.96. The average molecular weight is 331 g/mol. The molecule has 0 unspecified atom stereocenters. The van der Waals surface area contributed by atoms with Crippen molar-refractivity contribution in [2.45, 2.75) is 0 Å². The van der Waals surface area contributed by atoms with Crippen molar-refractivity contribution in [1.29, 1.82) is 0 Å². The molecule has 0 spiro atoms. The van der Waals surface area contributed by atoms with E-state index in [1.54, 1.807) is 25.2 Å². The molecule has 116 valence electrons. The molecule has 0 aliphatic rings. The number of nitro groups is 1. The number of esters is 1. The van der Waals surface area contributed by atoms with Gasteiger partial charge in [-0.25, -0.2) is 4.79 Å². The van der Waals surface area contributed by atoms with Crippen molar-refractivity contribution >= 4 is 34.0 Å². The molecule has 0 aliphatic heterocycles. The van der Waals surface area contributed by atoms with E-state index in [0.717, 1.165) is 5.39 Å². The number of carbonyl (C=O) groups is 1. The van der Waals surface area contributed by atoms with Gasteiger partial charge in [0.25, 0.3) is 5.69 Å². The highest BCUT2D eigenvalue weighted by Crippen LogP contribution is 2.31. The highest BCUT2D eigenvalue weighted by molar-refractivity contribution is 6.35. The van der Waals surface area contributed by atoms with Crippen LogP contribution in [0.25, 0.3) is 10.8 Å². The number of nitrogens with zero attached hydrogens (tertiary/aromatic N) is 2. The molecule has 2 aromatic carbocycles. The minimum atomic E-state index is -0.673. The summed E-state index contributed by atoms with van der Waals surface area (Å²) in [6, 6.07) is 11.7. The minimum absolute atomic E-state index is 0.0933. The van der Waals surface area contributed by atoms with Crippen molar-refractivity contribution in [3.8, 4) is 5.75 Å². The third-order valence-electron chi connectivity index (χ3n) is 3.44. The fourth-order valence-electron chi connectivity index (χ4n) is 2.33. The van der Waals surface area contributed by atoms with E-state index in [2.05, 4.69) is 0 Å². The van der Waals surface area contributed by atoms with Gasteiger partial charge >= 0.3 is 5.97 Å². The van der Waals surface area contributed by atoms with Crippen LogP contribution in [0.4, 0.5) is 5.69 Å². The number of hydrogen-bond acceptors (Lipinski definition) is 4. The second kappa shape index (κ2) is 5.73. The summed E-state index contributed by atoms with van der Waals surface area (Å²) in [4.78, 5) is 22.5. The van der Waals surface area contributed by atoms with Gasteiger partial charge in [0, 0.05) is 28.9 Å². The van der Waals surface area contributed by atoms with Crippen molar-refractivity contribution in [3.63, 3.8) is 0 Å². The maximum Gasteiger partial charge on any atom is 0.360 e. The first kappa shape index (κ1) is 15.1. The molecule has 1 aromatic heterocycles. The number of ether oxygens (including phenoxy) is 1. The lowest BCUT2D eigenvalue weighted by atomic mass is 10.1. The third kappa shape index (κ3) is 2.76. The minimum Gasteiger partial charge on any atom is -0.421 e. The Balaban J connectivity index is 1.98. The van der Waals surface area contributed by atoms with E-state index >= 15 is 0 Å².